The minimum Gasteiger partial charge on any atom is -0.423 e. The second-order valence-corrected chi connectivity index (χ2v) is 6.39. The first kappa shape index (κ1) is 21.4. The van der Waals surface area contributed by atoms with E-state index in [2.05, 4.69) is 0 Å². The summed E-state index contributed by atoms with van der Waals surface area (Å²) in [6, 6.07) is 13.5. The molecule has 0 aliphatic carbocycles. The zero-order chi connectivity index (χ0) is 22.5. The van der Waals surface area contributed by atoms with E-state index in [1.54, 1.807) is 0 Å². The fraction of sp³-hybridized carbons (Fsp3) is 0. The molecule has 0 heterocycles. The van der Waals surface area contributed by atoms with Crippen LogP contribution in [0.5, 0.6) is 11.5 Å². The number of nitrogens with zero attached hydrogens (tertiary/aromatic N) is 2. The highest BCUT2D eigenvalue weighted by atomic mass is 35.5. The van der Waals surface area contributed by atoms with E-state index >= 15 is 0 Å². The molecular formula is C20H11ClN2O8. The Morgan fingerprint density at radius 3 is 1.61 bits per heavy atom. The molecule has 0 amide bonds. The second kappa shape index (κ2) is 9.01. The predicted molar refractivity (Wildman–Crippen MR) is 108 cm³/mol. The number of carbonyl (C=O) groups is 2. The van der Waals surface area contributed by atoms with Gasteiger partial charge < -0.3 is 9.47 Å². The van der Waals surface area contributed by atoms with E-state index in [0.29, 0.717) is 0 Å². The SMILES string of the molecule is O=C(Oc1ccc(Cl)c(OC(=O)c2ccc([N+](=O)[O-])cc2)c1)c1ccc([N+](=O)[O-])cc1. The molecule has 31 heavy (non-hydrogen) atoms. The summed E-state index contributed by atoms with van der Waals surface area (Å²) in [5, 5.41) is 21.4. The van der Waals surface area contributed by atoms with Crippen molar-refractivity contribution >= 4 is 34.9 Å². The minimum atomic E-state index is -0.823. The Morgan fingerprint density at radius 2 is 1.16 bits per heavy atom. The van der Waals surface area contributed by atoms with E-state index in [-0.39, 0.29) is 39.0 Å². The molecule has 0 radical (unpaired) electrons. The van der Waals surface area contributed by atoms with Gasteiger partial charge in [-0.2, -0.15) is 0 Å². The molecule has 10 nitrogen and oxygen atoms in total. The van der Waals surface area contributed by atoms with Crippen LogP contribution in [0.15, 0.2) is 66.7 Å². The summed E-state index contributed by atoms with van der Waals surface area (Å²) in [6.45, 7) is 0. The molecule has 3 aromatic rings. The maximum atomic E-state index is 12.3. The fourth-order valence-corrected chi connectivity index (χ4v) is 2.54. The van der Waals surface area contributed by atoms with Crippen LogP contribution in [-0.2, 0) is 0 Å². The summed E-state index contributed by atoms with van der Waals surface area (Å²) < 4.78 is 10.4. The number of benzene rings is 3. The molecule has 0 bridgehead atoms. The predicted octanol–water partition coefficient (Wildman–Crippen LogP) is 4.59. The van der Waals surface area contributed by atoms with Gasteiger partial charge >= 0.3 is 11.9 Å². The molecule has 0 saturated heterocycles. The highest BCUT2D eigenvalue weighted by Crippen LogP contribution is 2.30. The number of nitro benzene ring substituents is 2. The van der Waals surface area contributed by atoms with E-state index < -0.39 is 21.8 Å². The lowest BCUT2D eigenvalue weighted by Gasteiger charge is -2.09. The van der Waals surface area contributed by atoms with Gasteiger partial charge in [-0.1, -0.05) is 11.6 Å². The standard InChI is InChI=1S/C20H11ClN2O8/c21-17-10-9-16(30-19(24)12-1-5-14(6-2-12)22(26)27)11-18(17)31-20(25)13-3-7-15(8-4-13)23(28)29/h1-11H. The Balaban J connectivity index is 1.73. The first-order valence-corrected chi connectivity index (χ1v) is 8.85. The van der Waals surface area contributed by atoms with Crippen LogP contribution in [-0.4, -0.2) is 21.8 Å². The lowest BCUT2D eigenvalue weighted by molar-refractivity contribution is -0.385. The monoisotopic (exact) mass is 442 g/mol. The van der Waals surface area contributed by atoms with Crippen LogP contribution in [0.1, 0.15) is 20.7 Å². The number of esters is 2. The highest BCUT2D eigenvalue weighted by Gasteiger charge is 2.16. The molecule has 0 unspecified atom stereocenters. The number of ether oxygens (including phenoxy) is 2. The molecular weight excluding hydrogens is 432 g/mol. The topological polar surface area (TPSA) is 139 Å². The van der Waals surface area contributed by atoms with Crippen molar-refractivity contribution in [3.63, 3.8) is 0 Å². The maximum absolute atomic E-state index is 12.3. The van der Waals surface area contributed by atoms with Crippen molar-refractivity contribution in [3.8, 4) is 11.5 Å². The first-order valence-electron chi connectivity index (χ1n) is 8.47. The van der Waals surface area contributed by atoms with Gasteiger partial charge in [0.15, 0.2) is 5.75 Å². The van der Waals surface area contributed by atoms with Gasteiger partial charge in [-0.05, 0) is 36.4 Å². The molecule has 0 atom stereocenters. The maximum Gasteiger partial charge on any atom is 0.343 e. The van der Waals surface area contributed by atoms with Crippen molar-refractivity contribution in [2.75, 3.05) is 0 Å². The summed E-state index contributed by atoms with van der Waals surface area (Å²) in [5.41, 5.74) is -0.238. The van der Waals surface area contributed by atoms with Crippen molar-refractivity contribution in [2.24, 2.45) is 0 Å². The van der Waals surface area contributed by atoms with Crippen LogP contribution in [0.2, 0.25) is 5.02 Å². The van der Waals surface area contributed by atoms with Crippen LogP contribution in [0.3, 0.4) is 0 Å². The molecule has 156 valence electrons. The largest absolute Gasteiger partial charge is 0.423 e. The van der Waals surface area contributed by atoms with Crippen LogP contribution in [0.25, 0.3) is 0 Å². The van der Waals surface area contributed by atoms with Crippen molar-refractivity contribution in [2.45, 2.75) is 0 Å². The molecule has 11 heteroatoms. The smallest absolute Gasteiger partial charge is 0.343 e. The van der Waals surface area contributed by atoms with Crippen LogP contribution in [0, 0.1) is 20.2 Å². The van der Waals surface area contributed by atoms with Gasteiger partial charge in [-0.15, -0.1) is 0 Å². The average Bonchev–Trinajstić information content (AvgIpc) is 2.76. The Bertz CT molecular complexity index is 1180. The molecule has 3 rings (SSSR count). The van der Waals surface area contributed by atoms with E-state index in [1.807, 2.05) is 0 Å². The zero-order valence-electron chi connectivity index (χ0n) is 15.4. The van der Waals surface area contributed by atoms with Crippen molar-refractivity contribution in [1.29, 1.82) is 0 Å². The number of rotatable bonds is 6. The molecule has 0 aromatic heterocycles. The van der Waals surface area contributed by atoms with E-state index in [4.69, 9.17) is 21.1 Å². The number of non-ortho nitro benzene ring substituents is 2. The highest BCUT2D eigenvalue weighted by molar-refractivity contribution is 6.32. The molecule has 3 aromatic carbocycles. The summed E-state index contributed by atoms with van der Waals surface area (Å²) in [7, 11) is 0. The number of hydrogen-bond donors (Lipinski definition) is 0. The number of nitro groups is 2. The van der Waals surface area contributed by atoms with Crippen LogP contribution < -0.4 is 9.47 Å². The summed E-state index contributed by atoms with van der Waals surface area (Å²) in [6.07, 6.45) is 0. The third-order valence-corrected chi connectivity index (χ3v) is 4.26. The zero-order valence-corrected chi connectivity index (χ0v) is 16.1. The fourth-order valence-electron chi connectivity index (χ4n) is 2.39. The van der Waals surface area contributed by atoms with Gasteiger partial charge in [0.25, 0.3) is 11.4 Å². The Kier molecular flexibility index (Phi) is 6.22. The quantitative estimate of drug-likeness (QED) is 0.233. The third-order valence-electron chi connectivity index (χ3n) is 3.94. The normalized spacial score (nSPS) is 10.2. The summed E-state index contributed by atoms with van der Waals surface area (Å²) in [5.74, 6) is -1.70. The van der Waals surface area contributed by atoms with E-state index in [1.165, 1.54) is 42.5 Å². The molecule has 0 spiro atoms. The third kappa shape index (κ3) is 5.19. The molecule has 0 aliphatic rings. The van der Waals surface area contributed by atoms with E-state index in [9.17, 15) is 29.8 Å². The van der Waals surface area contributed by atoms with Crippen molar-refractivity contribution in [1.82, 2.24) is 0 Å². The first-order chi connectivity index (χ1) is 14.7. The minimum absolute atomic E-state index is 0.0132. The Labute approximate surface area is 178 Å². The average molecular weight is 443 g/mol. The summed E-state index contributed by atoms with van der Waals surface area (Å²) in [4.78, 5) is 44.7. The molecule has 0 aliphatic heterocycles. The number of halogens is 1. The lowest BCUT2D eigenvalue weighted by atomic mass is 10.2. The van der Waals surface area contributed by atoms with Gasteiger partial charge in [-0.25, -0.2) is 9.59 Å². The Morgan fingerprint density at radius 1 is 0.710 bits per heavy atom. The van der Waals surface area contributed by atoms with Gasteiger partial charge in [0.05, 0.1) is 26.0 Å². The Hall–Kier alpha value is -4.31. The molecule has 0 N–H and O–H groups in total. The van der Waals surface area contributed by atoms with Crippen LogP contribution >= 0.6 is 11.6 Å². The van der Waals surface area contributed by atoms with Gasteiger partial charge in [0.2, 0.25) is 0 Å². The second-order valence-electron chi connectivity index (χ2n) is 5.98. The molecule has 0 saturated carbocycles. The van der Waals surface area contributed by atoms with E-state index in [0.717, 1.165) is 24.3 Å². The summed E-state index contributed by atoms with van der Waals surface area (Å²) >= 11 is 6.02. The van der Waals surface area contributed by atoms with Crippen LogP contribution in [0.4, 0.5) is 11.4 Å². The van der Waals surface area contributed by atoms with Crippen molar-refractivity contribution in [3.05, 3.63) is 103 Å². The molecule has 0 fully saturated rings. The number of hydrogen-bond acceptors (Lipinski definition) is 8. The van der Waals surface area contributed by atoms with Gasteiger partial charge in [-0.3, -0.25) is 20.2 Å². The van der Waals surface area contributed by atoms with Crippen molar-refractivity contribution < 1.29 is 28.9 Å². The van der Waals surface area contributed by atoms with Gasteiger partial charge in [0.1, 0.15) is 5.75 Å². The lowest BCUT2D eigenvalue weighted by Crippen LogP contribution is -2.10. The number of carbonyl (C=O) groups excluding carboxylic acids is 2. The van der Waals surface area contributed by atoms with Gasteiger partial charge in [0, 0.05) is 30.3 Å².